The van der Waals surface area contributed by atoms with Crippen molar-refractivity contribution in [2.45, 2.75) is 6.92 Å². The number of nitrogens with two attached hydrogens (primary N) is 2. The second kappa shape index (κ2) is 8.54. The average Bonchev–Trinajstić information content (AvgIpc) is 2.73. The number of rotatable bonds is 6. The number of nitrogen functional groups attached to an aromatic ring is 2. The van der Waals surface area contributed by atoms with Crippen molar-refractivity contribution in [3.63, 3.8) is 0 Å². The fourth-order valence-electron chi connectivity index (χ4n) is 3.24. The van der Waals surface area contributed by atoms with Gasteiger partial charge in [-0.3, -0.25) is 20.6 Å². The molecule has 3 rings (SSSR count). The lowest BCUT2D eigenvalue weighted by molar-refractivity contribution is 0.0523. The number of hydrogen-bond acceptors (Lipinski definition) is 6. The van der Waals surface area contributed by atoms with E-state index >= 15 is 0 Å². The Morgan fingerprint density at radius 1 is 1.00 bits per heavy atom. The molecule has 0 saturated heterocycles. The molecule has 0 atom stereocenters. The van der Waals surface area contributed by atoms with Gasteiger partial charge >= 0.3 is 5.97 Å². The van der Waals surface area contributed by atoms with Crippen molar-refractivity contribution >= 4 is 17.6 Å². The number of carbonyl (C=O) groups is 1. The van der Waals surface area contributed by atoms with E-state index in [0.29, 0.717) is 22.3 Å². The number of pyridine rings is 1. The number of nitrogens with one attached hydrogen (secondary N) is 3. The van der Waals surface area contributed by atoms with Crippen LogP contribution in [0.4, 0.5) is 0 Å². The average molecular weight is 419 g/mol. The number of H-pyrrole nitrogens is 1. The first kappa shape index (κ1) is 21.3. The fraction of sp³-hybridized carbons (Fsp3) is 0.0909. The molecule has 0 amide bonds. The van der Waals surface area contributed by atoms with Crippen LogP contribution >= 0.6 is 0 Å². The molecule has 9 nitrogen and oxygen atoms in total. The van der Waals surface area contributed by atoms with Crippen LogP contribution in [0.5, 0.6) is 5.88 Å². The van der Waals surface area contributed by atoms with Crippen molar-refractivity contribution in [2.75, 3.05) is 6.61 Å². The van der Waals surface area contributed by atoms with Crippen molar-refractivity contribution in [3.05, 3.63) is 75.6 Å². The predicted molar refractivity (Wildman–Crippen MR) is 118 cm³/mol. The Bertz CT molecular complexity index is 1260. The van der Waals surface area contributed by atoms with E-state index in [1.165, 1.54) is 12.1 Å². The molecule has 0 aliphatic carbocycles. The largest absolute Gasteiger partial charge is 0.494 e. The highest BCUT2D eigenvalue weighted by molar-refractivity contribution is 6.05. The Labute approximate surface area is 177 Å². The number of esters is 1. The highest BCUT2D eigenvalue weighted by atomic mass is 16.5. The molecule has 0 aliphatic rings. The molecule has 158 valence electrons. The summed E-state index contributed by atoms with van der Waals surface area (Å²) in [6.45, 7) is 1.67. The van der Waals surface area contributed by atoms with E-state index in [1.54, 1.807) is 43.3 Å². The number of carbonyl (C=O) groups excluding carboxylic acids is 1. The van der Waals surface area contributed by atoms with Crippen LogP contribution in [0, 0.1) is 10.8 Å². The Balaban J connectivity index is 2.45. The monoisotopic (exact) mass is 419 g/mol. The molecule has 0 saturated carbocycles. The Morgan fingerprint density at radius 3 is 2.00 bits per heavy atom. The first-order valence-electron chi connectivity index (χ1n) is 9.30. The summed E-state index contributed by atoms with van der Waals surface area (Å²) in [6.07, 6.45) is 0. The van der Waals surface area contributed by atoms with Crippen molar-refractivity contribution in [3.8, 4) is 28.1 Å². The van der Waals surface area contributed by atoms with Gasteiger partial charge in [0.1, 0.15) is 17.2 Å². The van der Waals surface area contributed by atoms with E-state index in [0.717, 1.165) is 0 Å². The number of aromatic hydroxyl groups is 1. The highest BCUT2D eigenvalue weighted by Gasteiger charge is 2.26. The fourth-order valence-corrected chi connectivity index (χ4v) is 3.24. The van der Waals surface area contributed by atoms with Gasteiger partial charge in [0.2, 0.25) is 5.88 Å². The highest BCUT2D eigenvalue weighted by Crippen LogP contribution is 2.36. The first-order valence-corrected chi connectivity index (χ1v) is 9.30. The summed E-state index contributed by atoms with van der Waals surface area (Å²) in [5.41, 5.74) is 12.0. The Hall–Kier alpha value is -4.40. The van der Waals surface area contributed by atoms with Crippen LogP contribution < -0.4 is 17.0 Å². The third-order valence-corrected chi connectivity index (χ3v) is 4.60. The van der Waals surface area contributed by atoms with E-state index in [2.05, 4.69) is 4.98 Å². The minimum absolute atomic E-state index is 0.0550. The maximum Gasteiger partial charge on any atom is 0.344 e. The maximum atomic E-state index is 12.9. The maximum absolute atomic E-state index is 12.9. The van der Waals surface area contributed by atoms with Gasteiger partial charge in [-0.15, -0.1) is 0 Å². The molecular formula is C22H21N5O4. The minimum atomic E-state index is -0.830. The molecule has 0 radical (unpaired) electrons. The SMILES string of the molecule is CCOC(=O)c1c(O)[nH]c(=O)c(-c2cccc(C(=N)N)c2)c1-c1cccc(C(=N)N)c1. The van der Waals surface area contributed by atoms with E-state index in [4.69, 9.17) is 27.0 Å². The van der Waals surface area contributed by atoms with Crippen molar-refractivity contribution in [2.24, 2.45) is 11.5 Å². The quantitative estimate of drug-likeness (QED) is 0.202. The summed E-state index contributed by atoms with van der Waals surface area (Å²) in [6, 6.07) is 12.8. The number of ether oxygens (including phenoxy) is 1. The van der Waals surface area contributed by atoms with Gasteiger partial charge in [0.05, 0.1) is 12.2 Å². The Morgan fingerprint density at radius 2 is 1.52 bits per heavy atom. The molecule has 0 spiro atoms. The normalized spacial score (nSPS) is 10.5. The van der Waals surface area contributed by atoms with Crippen molar-refractivity contribution in [1.29, 1.82) is 10.8 Å². The number of hydrogen-bond donors (Lipinski definition) is 6. The molecule has 8 N–H and O–H groups in total. The number of aromatic nitrogens is 1. The van der Waals surface area contributed by atoms with Gasteiger partial charge in [0.25, 0.3) is 5.56 Å². The third kappa shape index (κ3) is 4.15. The van der Waals surface area contributed by atoms with Crippen LogP contribution in [0.15, 0.2) is 53.3 Å². The van der Waals surface area contributed by atoms with Gasteiger partial charge in [-0.2, -0.15) is 0 Å². The minimum Gasteiger partial charge on any atom is -0.494 e. The molecule has 0 unspecified atom stereocenters. The van der Waals surface area contributed by atoms with Gasteiger partial charge in [-0.25, -0.2) is 4.79 Å². The first-order chi connectivity index (χ1) is 14.7. The van der Waals surface area contributed by atoms with E-state index in [9.17, 15) is 14.7 Å². The molecular weight excluding hydrogens is 398 g/mol. The van der Waals surface area contributed by atoms with Crippen molar-refractivity contribution in [1.82, 2.24) is 4.98 Å². The van der Waals surface area contributed by atoms with Gasteiger partial charge in [0, 0.05) is 16.7 Å². The summed E-state index contributed by atoms with van der Waals surface area (Å²) in [5.74, 6) is -1.86. The zero-order chi connectivity index (χ0) is 22.7. The van der Waals surface area contributed by atoms with Crippen LogP contribution in [0.25, 0.3) is 22.3 Å². The van der Waals surface area contributed by atoms with Crippen LogP contribution in [0.1, 0.15) is 28.4 Å². The van der Waals surface area contributed by atoms with Gasteiger partial charge in [-0.1, -0.05) is 36.4 Å². The summed E-state index contributed by atoms with van der Waals surface area (Å²) in [5, 5.41) is 25.8. The molecule has 3 aromatic rings. The number of aromatic amines is 1. The van der Waals surface area contributed by atoms with Gasteiger partial charge in [-0.05, 0) is 30.2 Å². The van der Waals surface area contributed by atoms with Crippen LogP contribution in [0.2, 0.25) is 0 Å². The molecule has 9 heteroatoms. The zero-order valence-electron chi connectivity index (χ0n) is 16.7. The topological polar surface area (TPSA) is 179 Å². The second-order valence-electron chi connectivity index (χ2n) is 6.64. The predicted octanol–water partition coefficient (Wildman–Crippen LogP) is 2.16. The summed E-state index contributed by atoms with van der Waals surface area (Å²) in [7, 11) is 0. The summed E-state index contributed by atoms with van der Waals surface area (Å²) >= 11 is 0. The van der Waals surface area contributed by atoms with Crippen molar-refractivity contribution < 1.29 is 14.6 Å². The smallest absolute Gasteiger partial charge is 0.344 e. The van der Waals surface area contributed by atoms with Crippen LogP contribution in [-0.2, 0) is 4.74 Å². The number of amidine groups is 2. The Kier molecular flexibility index (Phi) is 5.87. The zero-order valence-corrected chi connectivity index (χ0v) is 16.7. The molecule has 1 aromatic heterocycles. The van der Waals surface area contributed by atoms with E-state index in [-0.39, 0.29) is 35.0 Å². The lowest BCUT2D eigenvalue weighted by atomic mass is 9.90. The van der Waals surface area contributed by atoms with Gasteiger partial charge < -0.3 is 21.3 Å². The molecule has 1 heterocycles. The molecule has 31 heavy (non-hydrogen) atoms. The lowest BCUT2D eigenvalue weighted by Gasteiger charge is -2.16. The molecule has 0 fully saturated rings. The second-order valence-corrected chi connectivity index (χ2v) is 6.64. The third-order valence-electron chi connectivity index (χ3n) is 4.60. The summed E-state index contributed by atoms with van der Waals surface area (Å²) in [4.78, 5) is 28.0. The summed E-state index contributed by atoms with van der Waals surface area (Å²) < 4.78 is 5.10. The van der Waals surface area contributed by atoms with E-state index in [1.807, 2.05) is 0 Å². The molecule has 0 bridgehead atoms. The molecule has 2 aromatic carbocycles. The lowest BCUT2D eigenvalue weighted by Crippen LogP contribution is -2.18. The molecule has 0 aliphatic heterocycles. The van der Waals surface area contributed by atoms with Crippen LogP contribution in [0.3, 0.4) is 0 Å². The van der Waals surface area contributed by atoms with E-state index < -0.39 is 17.4 Å². The number of benzene rings is 2. The van der Waals surface area contributed by atoms with Gasteiger partial charge in [0.15, 0.2) is 0 Å². The standard InChI is InChI=1S/C22H21N5O4/c1-2-31-22(30)17-15(11-5-3-7-13(9-11)18(23)24)16(20(28)27-21(17)29)12-6-4-8-14(10-12)19(25)26/h3-10H,2H2,1H3,(H3,23,24)(H3,25,26)(H2,27,28,29). The van der Waals surface area contributed by atoms with Crippen LogP contribution in [-0.4, -0.2) is 34.3 Å².